The first-order chi connectivity index (χ1) is 11.6. The third kappa shape index (κ3) is 3.58. The highest BCUT2D eigenvalue weighted by atomic mass is 35.5. The van der Waals surface area contributed by atoms with Gasteiger partial charge in [0.1, 0.15) is 5.75 Å². The molecule has 0 fully saturated rings. The average Bonchev–Trinajstić information content (AvgIpc) is 2.83. The molecule has 0 N–H and O–H groups in total. The van der Waals surface area contributed by atoms with Gasteiger partial charge >= 0.3 is 0 Å². The molecule has 3 aromatic rings. The summed E-state index contributed by atoms with van der Waals surface area (Å²) in [5, 5.41) is 1.98. The molecule has 2 aromatic carbocycles. The van der Waals surface area contributed by atoms with Gasteiger partial charge in [-0.2, -0.15) is 0 Å². The van der Waals surface area contributed by atoms with Crippen LogP contribution >= 0.6 is 11.6 Å². The van der Waals surface area contributed by atoms with Crippen LogP contribution < -0.4 is 4.74 Å². The van der Waals surface area contributed by atoms with E-state index in [-0.39, 0.29) is 0 Å². The molecule has 24 heavy (non-hydrogen) atoms. The fraction of sp³-hybridized carbons (Fsp3) is 0.300. The summed E-state index contributed by atoms with van der Waals surface area (Å²) in [6.45, 7) is 1.06. The van der Waals surface area contributed by atoms with E-state index in [4.69, 9.17) is 16.3 Å². The molecule has 0 saturated heterocycles. The molecule has 0 amide bonds. The number of rotatable bonds is 6. The van der Waals surface area contributed by atoms with E-state index in [0.717, 1.165) is 31.0 Å². The number of hydrogen-bond acceptors (Lipinski definition) is 2. The van der Waals surface area contributed by atoms with Crippen molar-refractivity contribution in [1.82, 2.24) is 9.47 Å². The van der Waals surface area contributed by atoms with Crippen LogP contribution in [0.4, 0.5) is 0 Å². The van der Waals surface area contributed by atoms with Gasteiger partial charge in [0.25, 0.3) is 0 Å². The zero-order valence-corrected chi connectivity index (χ0v) is 15.2. The summed E-state index contributed by atoms with van der Waals surface area (Å²) in [5.74, 6) is 1.72. The van der Waals surface area contributed by atoms with E-state index in [1.807, 2.05) is 24.3 Å². The van der Waals surface area contributed by atoms with E-state index in [0.29, 0.717) is 5.02 Å². The highest BCUT2D eigenvalue weighted by Gasteiger charge is 2.16. The van der Waals surface area contributed by atoms with Crippen molar-refractivity contribution in [3.63, 3.8) is 0 Å². The van der Waals surface area contributed by atoms with Crippen LogP contribution in [-0.4, -0.2) is 30.1 Å². The minimum atomic E-state index is 0.714. The highest BCUT2D eigenvalue weighted by molar-refractivity contribution is 6.30. The lowest BCUT2D eigenvalue weighted by Gasteiger charge is -2.12. The molecule has 3 nitrogen and oxygen atoms in total. The predicted molar refractivity (Wildman–Crippen MR) is 101 cm³/mol. The van der Waals surface area contributed by atoms with Crippen molar-refractivity contribution in [2.45, 2.75) is 12.8 Å². The summed E-state index contributed by atoms with van der Waals surface area (Å²) in [5.41, 5.74) is 2.46. The van der Waals surface area contributed by atoms with Crippen molar-refractivity contribution in [1.29, 1.82) is 0 Å². The molecule has 0 bridgehead atoms. The summed E-state index contributed by atoms with van der Waals surface area (Å²) in [6, 6.07) is 16.0. The summed E-state index contributed by atoms with van der Waals surface area (Å²) in [4.78, 5) is 2.21. The van der Waals surface area contributed by atoms with Crippen LogP contribution in [-0.2, 0) is 13.5 Å². The fourth-order valence-corrected chi connectivity index (χ4v) is 3.13. The molecular weight excluding hydrogens is 320 g/mol. The molecule has 0 aliphatic heterocycles. The van der Waals surface area contributed by atoms with E-state index in [1.54, 1.807) is 0 Å². The minimum Gasteiger partial charge on any atom is -0.441 e. The molecule has 0 aliphatic carbocycles. The fourth-order valence-electron chi connectivity index (χ4n) is 3.01. The summed E-state index contributed by atoms with van der Waals surface area (Å²) < 4.78 is 8.36. The predicted octanol–water partition coefficient (Wildman–Crippen LogP) is 5.12. The van der Waals surface area contributed by atoms with Crippen LogP contribution in [0.15, 0.2) is 48.5 Å². The third-order valence-corrected chi connectivity index (χ3v) is 4.47. The van der Waals surface area contributed by atoms with Gasteiger partial charge in [0, 0.05) is 23.0 Å². The maximum absolute atomic E-state index is 6.23. The molecule has 0 radical (unpaired) electrons. The van der Waals surface area contributed by atoms with Gasteiger partial charge in [-0.05, 0) is 63.8 Å². The summed E-state index contributed by atoms with van der Waals surface area (Å²) in [6.07, 6.45) is 2.08. The normalized spacial score (nSPS) is 11.4. The van der Waals surface area contributed by atoms with Crippen LogP contribution in [0.2, 0.25) is 5.02 Å². The van der Waals surface area contributed by atoms with Crippen LogP contribution in [0.3, 0.4) is 0 Å². The number of ether oxygens (including phenoxy) is 1. The Morgan fingerprint density at radius 3 is 2.46 bits per heavy atom. The van der Waals surface area contributed by atoms with Gasteiger partial charge in [-0.15, -0.1) is 0 Å². The average molecular weight is 343 g/mol. The van der Waals surface area contributed by atoms with E-state index in [2.05, 4.69) is 54.9 Å². The zero-order chi connectivity index (χ0) is 17.1. The lowest BCUT2D eigenvalue weighted by Crippen LogP contribution is -2.13. The molecule has 0 aliphatic rings. The number of aromatic nitrogens is 1. The number of benzene rings is 2. The van der Waals surface area contributed by atoms with E-state index in [1.165, 1.54) is 16.5 Å². The van der Waals surface area contributed by atoms with Crippen molar-refractivity contribution in [3.8, 4) is 11.6 Å². The molecule has 0 spiro atoms. The lowest BCUT2D eigenvalue weighted by atomic mass is 10.1. The SMILES string of the molecule is CN(C)CCCc1c(Oc2ccc(Cl)cc2)n(C)c2ccccc12. The molecule has 0 unspecified atom stereocenters. The van der Waals surface area contributed by atoms with Crippen molar-refractivity contribution in [3.05, 3.63) is 59.1 Å². The van der Waals surface area contributed by atoms with E-state index >= 15 is 0 Å². The molecule has 3 rings (SSSR count). The molecule has 0 saturated carbocycles. The second-order valence-electron chi connectivity index (χ2n) is 6.32. The van der Waals surface area contributed by atoms with Gasteiger partial charge in [0.2, 0.25) is 5.88 Å². The van der Waals surface area contributed by atoms with Crippen LogP contribution in [0.5, 0.6) is 11.6 Å². The van der Waals surface area contributed by atoms with Gasteiger partial charge in [-0.3, -0.25) is 0 Å². The summed E-state index contributed by atoms with van der Waals surface area (Å²) in [7, 11) is 6.27. The van der Waals surface area contributed by atoms with Gasteiger partial charge in [-0.25, -0.2) is 0 Å². The van der Waals surface area contributed by atoms with Crippen molar-refractivity contribution in [2.75, 3.05) is 20.6 Å². The van der Waals surface area contributed by atoms with Gasteiger partial charge in [0.05, 0.1) is 5.52 Å². The van der Waals surface area contributed by atoms with Gasteiger partial charge in [0.15, 0.2) is 0 Å². The van der Waals surface area contributed by atoms with E-state index < -0.39 is 0 Å². The Kier molecular flexibility index (Phi) is 5.12. The minimum absolute atomic E-state index is 0.714. The largest absolute Gasteiger partial charge is 0.441 e. The van der Waals surface area contributed by atoms with Crippen LogP contribution in [0.1, 0.15) is 12.0 Å². The number of halogens is 1. The Bertz CT molecular complexity index is 822. The number of fused-ring (bicyclic) bond motifs is 1. The maximum Gasteiger partial charge on any atom is 0.204 e. The topological polar surface area (TPSA) is 17.4 Å². The molecule has 1 heterocycles. The zero-order valence-electron chi connectivity index (χ0n) is 14.4. The molecular formula is C20H23ClN2O. The first kappa shape index (κ1) is 16.9. The molecule has 0 atom stereocenters. The van der Waals surface area contributed by atoms with E-state index in [9.17, 15) is 0 Å². The Morgan fingerprint density at radius 2 is 1.75 bits per heavy atom. The quantitative estimate of drug-likeness (QED) is 0.618. The third-order valence-electron chi connectivity index (χ3n) is 4.21. The second-order valence-corrected chi connectivity index (χ2v) is 6.76. The lowest BCUT2D eigenvalue weighted by molar-refractivity contribution is 0.396. The summed E-state index contributed by atoms with van der Waals surface area (Å²) >= 11 is 5.97. The number of aryl methyl sites for hydroxylation is 2. The Morgan fingerprint density at radius 1 is 1.04 bits per heavy atom. The first-order valence-electron chi connectivity index (χ1n) is 8.20. The van der Waals surface area contributed by atoms with Crippen molar-refractivity contribution < 1.29 is 4.74 Å². The van der Waals surface area contributed by atoms with Crippen LogP contribution in [0.25, 0.3) is 10.9 Å². The molecule has 126 valence electrons. The molecule has 1 aromatic heterocycles. The number of para-hydroxylation sites is 1. The highest BCUT2D eigenvalue weighted by Crippen LogP contribution is 2.35. The Hall–Kier alpha value is -1.97. The standard InChI is InChI=1S/C20H23ClN2O/c1-22(2)14-6-8-18-17-7-4-5-9-19(17)23(3)20(18)24-16-12-10-15(21)11-13-16/h4-5,7,9-13H,6,8,14H2,1-3H3. The second kappa shape index (κ2) is 7.29. The Balaban J connectivity index is 1.97. The monoisotopic (exact) mass is 342 g/mol. The number of hydrogen-bond donors (Lipinski definition) is 0. The van der Waals surface area contributed by atoms with Crippen molar-refractivity contribution >= 4 is 22.5 Å². The van der Waals surface area contributed by atoms with Crippen molar-refractivity contribution in [2.24, 2.45) is 7.05 Å². The van der Waals surface area contributed by atoms with Crippen LogP contribution in [0, 0.1) is 0 Å². The van der Waals surface area contributed by atoms with Gasteiger partial charge in [-0.1, -0.05) is 29.8 Å². The Labute approximate surface area is 148 Å². The smallest absolute Gasteiger partial charge is 0.204 e. The number of nitrogens with zero attached hydrogens (tertiary/aromatic N) is 2. The van der Waals surface area contributed by atoms with Gasteiger partial charge < -0.3 is 14.2 Å². The molecule has 4 heteroatoms. The maximum atomic E-state index is 6.23. The first-order valence-corrected chi connectivity index (χ1v) is 8.58.